The number of carbonyl (C=O) groups excluding carboxylic acids is 5. The minimum Gasteiger partial charge on any atom is -0.444 e. The molecule has 0 radical (unpaired) electrons. The van der Waals surface area contributed by atoms with Crippen LogP contribution in [0.5, 0.6) is 0 Å². The van der Waals surface area contributed by atoms with E-state index in [9.17, 15) is 24.0 Å². The van der Waals surface area contributed by atoms with Crippen molar-refractivity contribution in [1.82, 2.24) is 44.8 Å². The maximum atomic E-state index is 13.8. The monoisotopic (exact) mass is 980 g/mol. The Morgan fingerprint density at radius 1 is 0.435 bits per heavy atom. The van der Waals surface area contributed by atoms with E-state index in [4.69, 9.17) is 44.4 Å². The van der Waals surface area contributed by atoms with Crippen LogP contribution in [0.4, 0.5) is 41.8 Å². The molecule has 0 spiro atoms. The van der Waals surface area contributed by atoms with Crippen molar-refractivity contribution in [2.45, 2.75) is 132 Å². The lowest BCUT2D eigenvalue weighted by Crippen LogP contribution is -2.51. The molecule has 0 saturated carbocycles. The van der Waals surface area contributed by atoms with Gasteiger partial charge in [0.15, 0.2) is 0 Å². The number of hydrogen-bond donors (Lipinski definition) is 3. The minimum absolute atomic E-state index is 0.0850. The predicted octanol–water partition coefficient (Wildman–Crippen LogP) is 4.66. The number of ether oxygens (including phenoxy) is 5. The van der Waals surface area contributed by atoms with E-state index in [-0.39, 0.29) is 97.0 Å². The van der Waals surface area contributed by atoms with Crippen molar-refractivity contribution in [3.8, 4) is 0 Å². The second-order valence-corrected chi connectivity index (χ2v) is 22.0. The lowest BCUT2D eigenvalue weighted by molar-refractivity contribution is 0.00805. The van der Waals surface area contributed by atoms with Gasteiger partial charge in [-0.1, -0.05) is 0 Å². The van der Waals surface area contributed by atoms with Crippen LogP contribution in [0.3, 0.4) is 0 Å². The molecule has 5 amide bonds. The molecule has 4 N–H and O–H groups in total. The number of hydrogen-bond acceptors (Lipinski definition) is 18. The van der Waals surface area contributed by atoms with Gasteiger partial charge in [0, 0.05) is 118 Å². The maximum Gasteiger partial charge on any atom is 0.410 e. The Labute approximate surface area is 410 Å². The largest absolute Gasteiger partial charge is 0.444 e. The second kappa shape index (κ2) is 25.0. The van der Waals surface area contributed by atoms with Crippen LogP contribution in [0.15, 0.2) is 0 Å². The van der Waals surface area contributed by atoms with Crippen LogP contribution in [0.25, 0.3) is 0 Å². The zero-order chi connectivity index (χ0) is 52.0. The number of aromatic nitrogens is 3. The van der Waals surface area contributed by atoms with Gasteiger partial charge in [-0.15, -0.1) is 0 Å². The number of rotatable bonds is 5. The SMILES string of the molecule is CC(C)(C)OC(=O)N1CCNCCN(c2nc(NCCN)nc(N3CCN(C(=O)OC(C)(C)C)CCN(C(=O)OC(C)(C)C)CCN(C(=O)OC(C)(C)C)CC3)n2)CCN(C(=O)OC(C)(C)C)CC1. The summed E-state index contributed by atoms with van der Waals surface area (Å²) < 4.78 is 29.0. The fourth-order valence-electron chi connectivity index (χ4n) is 6.63. The van der Waals surface area contributed by atoms with Gasteiger partial charge in [0.25, 0.3) is 0 Å². The first-order valence-corrected chi connectivity index (χ1v) is 24.1. The van der Waals surface area contributed by atoms with Crippen molar-refractivity contribution in [2.75, 3.05) is 133 Å². The van der Waals surface area contributed by atoms with Gasteiger partial charge in [0.2, 0.25) is 17.8 Å². The number of anilines is 3. The molecule has 2 fully saturated rings. The van der Waals surface area contributed by atoms with Crippen molar-refractivity contribution in [1.29, 1.82) is 0 Å². The molecule has 3 heterocycles. The number of amides is 5. The van der Waals surface area contributed by atoms with Crippen LogP contribution >= 0.6 is 0 Å². The average Bonchev–Trinajstić information content (AvgIpc) is 3.17. The van der Waals surface area contributed by atoms with Crippen LogP contribution in [0.1, 0.15) is 104 Å². The Hall–Kier alpha value is -5.32. The van der Waals surface area contributed by atoms with Gasteiger partial charge in [0.05, 0.1) is 0 Å². The summed E-state index contributed by atoms with van der Waals surface area (Å²) in [7, 11) is 0. The molecule has 2 aliphatic rings. The molecular formula is C46H85N13O10. The van der Waals surface area contributed by atoms with Crippen molar-refractivity contribution in [3.63, 3.8) is 0 Å². The van der Waals surface area contributed by atoms with Gasteiger partial charge in [-0.25, -0.2) is 24.0 Å². The smallest absolute Gasteiger partial charge is 0.410 e. The third kappa shape index (κ3) is 22.3. The Kier molecular flexibility index (Phi) is 21.0. The van der Waals surface area contributed by atoms with Crippen molar-refractivity contribution >= 4 is 48.3 Å². The van der Waals surface area contributed by atoms with E-state index in [0.717, 1.165) is 0 Å². The molecule has 0 atom stereocenters. The normalized spacial score (nSPS) is 17.4. The molecule has 1 aromatic rings. The summed E-state index contributed by atoms with van der Waals surface area (Å²) in [5.41, 5.74) is 2.05. The summed E-state index contributed by atoms with van der Waals surface area (Å²) in [6, 6.07) is 0. The maximum absolute atomic E-state index is 13.8. The first kappa shape index (κ1) is 58.0. The highest BCUT2D eigenvalue weighted by Gasteiger charge is 2.32. The quantitative estimate of drug-likeness (QED) is 0.340. The number of carbonyl (C=O) groups is 5. The minimum atomic E-state index is -0.806. The van der Waals surface area contributed by atoms with Gasteiger partial charge in [-0.05, 0) is 104 Å². The van der Waals surface area contributed by atoms with Crippen molar-refractivity contribution < 1.29 is 47.7 Å². The lowest BCUT2D eigenvalue weighted by Gasteiger charge is -2.36. The lowest BCUT2D eigenvalue weighted by atomic mass is 10.2. The van der Waals surface area contributed by atoms with E-state index in [1.165, 1.54) is 14.7 Å². The Balaban J connectivity index is 2.12. The molecule has 69 heavy (non-hydrogen) atoms. The Morgan fingerprint density at radius 3 is 0.986 bits per heavy atom. The molecule has 394 valence electrons. The van der Waals surface area contributed by atoms with E-state index in [0.29, 0.717) is 38.7 Å². The standard InChI is InChI=1S/C46H85N13O10/c1-42(2,3)65-37(60)55-21-19-48-18-20-53(22-25-56(29-28-55)38(61)66-43(4,5)6)35-50-34(49-17-16-47)51-36(52-35)54-23-26-57(39(62)67-44(7,8)9)30-32-59(41(64)69-46(13,14)15)33-31-58(27-24-54)40(63)68-45(10,11)12/h48H,16-33,47H2,1-15H3,(H,49,50,51,52). The highest BCUT2D eigenvalue weighted by molar-refractivity contribution is 5.71. The van der Waals surface area contributed by atoms with Crippen LogP contribution in [0, 0.1) is 0 Å². The fourth-order valence-corrected chi connectivity index (χ4v) is 6.63. The van der Waals surface area contributed by atoms with E-state index >= 15 is 0 Å². The highest BCUT2D eigenvalue weighted by atomic mass is 16.6. The highest BCUT2D eigenvalue weighted by Crippen LogP contribution is 2.21. The molecule has 1 aromatic heterocycles. The van der Waals surface area contributed by atoms with E-state index in [1.807, 2.05) is 30.6 Å². The number of nitrogens with one attached hydrogen (secondary N) is 2. The Morgan fingerprint density at radius 2 is 0.696 bits per heavy atom. The van der Waals surface area contributed by atoms with Gasteiger partial charge < -0.3 is 74.4 Å². The zero-order valence-electron chi connectivity index (χ0n) is 44.4. The van der Waals surface area contributed by atoms with Crippen molar-refractivity contribution in [2.24, 2.45) is 5.73 Å². The summed E-state index contributed by atoms with van der Waals surface area (Å²) in [5, 5.41) is 6.63. The zero-order valence-corrected chi connectivity index (χ0v) is 44.4. The fraction of sp³-hybridized carbons (Fsp3) is 0.826. The molecular weight excluding hydrogens is 895 g/mol. The van der Waals surface area contributed by atoms with E-state index < -0.39 is 58.5 Å². The molecule has 23 nitrogen and oxygen atoms in total. The number of nitrogens with zero attached hydrogens (tertiary/aromatic N) is 10. The van der Waals surface area contributed by atoms with E-state index in [2.05, 4.69) is 10.6 Å². The van der Waals surface area contributed by atoms with Crippen LogP contribution in [-0.2, 0) is 23.7 Å². The average molecular weight is 980 g/mol. The molecule has 2 saturated heterocycles. The molecule has 0 bridgehead atoms. The third-order valence-electron chi connectivity index (χ3n) is 9.82. The number of nitrogens with two attached hydrogens (primary N) is 1. The molecule has 0 unspecified atom stereocenters. The second-order valence-electron chi connectivity index (χ2n) is 22.0. The van der Waals surface area contributed by atoms with Crippen LogP contribution < -0.4 is 26.2 Å². The summed E-state index contributed by atoms with van der Waals surface area (Å²) in [5.74, 6) is 0.782. The summed E-state index contributed by atoms with van der Waals surface area (Å²) in [4.78, 5) is 94.5. The molecule has 0 aliphatic carbocycles. The predicted molar refractivity (Wildman–Crippen MR) is 264 cm³/mol. The van der Waals surface area contributed by atoms with Gasteiger partial charge in [0.1, 0.15) is 28.0 Å². The Bertz CT molecular complexity index is 1800. The van der Waals surface area contributed by atoms with Crippen LogP contribution in [-0.4, -0.2) is 216 Å². The van der Waals surface area contributed by atoms with E-state index in [1.54, 1.807) is 92.9 Å². The van der Waals surface area contributed by atoms with Crippen LogP contribution in [0.2, 0.25) is 0 Å². The molecule has 2 aliphatic heterocycles. The van der Waals surface area contributed by atoms with Gasteiger partial charge >= 0.3 is 30.5 Å². The molecule has 23 heteroatoms. The molecule has 3 rings (SSSR count). The van der Waals surface area contributed by atoms with Gasteiger partial charge in [-0.3, -0.25) is 0 Å². The third-order valence-corrected chi connectivity index (χ3v) is 9.82. The topological polar surface area (TPSA) is 243 Å². The molecule has 0 aromatic carbocycles. The summed E-state index contributed by atoms with van der Waals surface area (Å²) in [6.45, 7) is 30.9. The first-order chi connectivity index (χ1) is 31.8. The first-order valence-electron chi connectivity index (χ1n) is 24.1. The van der Waals surface area contributed by atoms with Gasteiger partial charge in [-0.2, -0.15) is 15.0 Å². The summed E-state index contributed by atoms with van der Waals surface area (Å²) in [6.07, 6.45) is -2.75. The van der Waals surface area contributed by atoms with Crippen molar-refractivity contribution in [3.05, 3.63) is 0 Å². The summed E-state index contributed by atoms with van der Waals surface area (Å²) >= 11 is 0.